The molecule has 120 valence electrons. The summed E-state index contributed by atoms with van der Waals surface area (Å²) in [5, 5.41) is 12.6. The molecule has 1 unspecified atom stereocenters. The monoisotopic (exact) mass is 306 g/mol. The highest BCUT2D eigenvalue weighted by atomic mass is 16.3. The predicted octanol–water partition coefficient (Wildman–Crippen LogP) is 1.23. The van der Waals surface area contributed by atoms with Gasteiger partial charge in [-0.3, -0.25) is 14.4 Å². The smallest absolute Gasteiger partial charge is 0.258 e. The van der Waals surface area contributed by atoms with Gasteiger partial charge in [0.05, 0.1) is 11.6 Å². The molecule has 2 aliphatic heterocycles. The zero-order valence-corrected chi connectivity index (χ0v) is 13.0. The van der Waals surface area contributed by atoms with Crippen LogP contribution in [0.4, 0.5) is 0 Å². The molecule has 0 radical (unpaired) electrons. The fraction of sp³-hybridized carbons (Fsp3) is 0.562. The van der Waals surface area contributed by atoms with Crippen LogP contribution in [0.1, 0.15) is 39.5 Å². The second-order valence-corrected chi connectivity index (χ2v) is 5.69. The highest BCUT2D eigenvalue weighted by Gasteiger charge is 2.36. The van der Waals surface area contributed by atoms with E-state index in [1.165, 1.54) is 18.0 Å². The lowest BCUT2D eigenvalue weighted by Gasteiger charge is -2.34. The molecule has 6 heteroatoms. The Kier molecular flexibility index (Phi) is 5.00. The largest absolute Gasteiger partial charge is 0.503 e. The number of carbonyl (C=O) groups is 3. The number of carbonyl (C=O) groups excluding carboxylic acids is 3. The van der Waals surface area contributed by atoms with Crippen molar-refractivity contribution in [1.82, 2.24) is 10.2 Å². The minimum absolute atomic E-state index is 0.00870. The van der Waals surface area contributed by atoms with E-state index in [0.717, 1.165) is 12.8 Å². The van der Waals surface area contributed by atoms with Crippen LogP contribution in [0.15, 0.2) is 23.1 Å². The summed E-state index contributed by atoms with van der Waals surface area (Å²) < 4.78 is 0. The second kappa shape index (κ2) is 6.77. The van der Waals surface area contributed by atoms with E-state index in [0.29, 0.717) is 31.5 Å². The maximum absolute atomic E-state index is 12.9. The van der Waals surface area contributed by atoms with E-state index < -0.39 is 23.5 Å². The Hall–Kier alpha value is -2.11. The fourth-order valence-electron chi connectivity index (χ4n) is 3.00. The number of aliphatic hydroxyl groups excluding tert-OH is 1. The number of hydrogen-bond acceptors (Lipinski definition) is 5. The normalized spacial score (nSPS) is 22.8. The molecule has 0 aromatic heterocycles. The first-order valence-electron chi connectivity index (χ1n) is 7.68. The molecule has 0 saturated carbocycles. The van der Waals surface area contributed by atoms with Crippen LogP contribution in [0.25, 0.3) is 0 Å². The zero-order chi connectivity index (χ0) is 16.3. The number of allylic oxidation sites excluding steroid dienone is 1. The molecule has 1 amide bonds. The number of hydrogen-bond donors (Lipinski definition) is 2. The summed E-state index contributed by atoms with van der Waals surface area (Å²) in [5.74, 6) is -1.64. The predicted molar refractivity (Wildman–Crippen MR) is 81.1 cm³/mol. The molecule has 0 spiro atoms. The van der Waals surface area contributed by atoms with Gasteiger partial charge in [0.2, 0.25) is 5.78 Å². The van der Waals surface area contributed by atoms with Crippen molar-refractivity contribution in [3.05, 3.63) is 23.1 Å². The lowest BCUT2D eigenvalue weighted by atomic mass is 9.94. The summed E-state index contributed by atoms with van der Waals surface area (Å²) in [6.45, 7) is 4.14. The lowest BCUT2D eigenvalue weighted by Crippen LogP contribution is -2.49. The van der Waals surface area contributed by atoms with E-state index in [2.05, 4.69) is 5.32 Å². The second-order valence-electron chi connectivity index (χ2n) is 5.69. The fourth-order valence-corrected chi connectivity index (χ4v) is 3.00. The average Bonchev–Trinajstić information content (AvgIpc) is 2.66. The molecule has 6 nitrogen and oxygen atoms in total. The molecule has 2 heterocycles. The first-order chi connectivity index (χ1) is 10.5. The Bertz CT molecular complexity index is 562. The van der Waals surface area contributed by atoms with Crippen molar-refractivity contribution in [2.45, 2.75) is 45.6 Å². The van der Waals surface area contributed by atoms with Gasteiger partial charge in [0, 0.05) is 19.3 Å². The maximum Gasteiger partial charge on any atom is 0.258 e. The van der Waals surface area contributed by atoms with Crippen LogP contribution in [-0.4, -0.2) is 46.6 Å². The summed E-state index contributed by atoms with van der Waals surface area (Å²) in [4.78, 5) is 38.5. The Balaban J connectivity index is 2.39. The Morgan fingerprint density at radius 2 is 2.14 bits per heavy atom. The number of rotatable bonds is 3. The van der Waals surface area contributed by atoms with Crippen molar-refractivity contribution >= 4 is 17.5 Å². The lowest BCUT2D eigenvalue weighted by molar-refractivity contribution is -0.138. The molecular formula is C16H22N2O4. The van der Waals surface area contributed by atoms with Gasteiger partial charge in [-0.1, -0.05) is 6.92 Å². The van der Waals surface area contributed by atoms with E-state index in [1.807, 2.05) is 6.92 Å². The highest BCUT2D eigenvalue weighted by Crippen LogP contribution is 2.24. The topological polar surface area (TPSA) is 86.7 Å². The van der Waals surface area contributed by atoms with Gasteiger partial charge in [0.1, 0.15) is 0 Å². The summed E-state index contributed by atoms with van der Waals surface area (Å²) >= 11 is 0. The number of nitrogens with one attached hydrogen (secondary N) is 1. The van der Waals surface area contributed by atoms with Crippen LogP contribution in [-0.2, 0) is 14.4 Å². The number of likely N-dealkylation sites (tertiary alicyclic amines) is 1. The third-order valence-corrected chi connectivity index (χ3v) is 4.24. The summed E-state index contributed by atoms with van der Waals surface area (Å²) in [6, 6.07) is -0.470. The summed E-state index contributed by atoms with van der Waals surface area (Å²) in [6.07, 6.45) is 4.09. The molecule has 1 saturated heterocycles. The van der Waals surface area contributed by atoms with Gasteiger partial charge in [-0.25, -0.2) is 0 Å². The first kappa shape index (κ1) is 16.3. The Morgan fingerprint density at radius 1 is 1.41 bits per heavy atom. The van der Waals surface area contributed by atoms with Crippen molar-refractivity contribution in [3.8, 4) is 0 Å². The number of ketones is 2. The third kappa shape index (κ3) is 3.05. The first-order valence-corrected chi connectivity index (χ1v) is 7.68. The molecule has 1 fully saturated rings. The van der Waals surface area contributed by atoms with Crippen molar-refractivity contribution in [2.75, 3.05) is 13.1 Å². The van der Waals surface area contributed by atoms with Gasteiger partial charge in [0.25, 0.3) is 5.91 Å². The Labute approximate surface area is 129 Å². The van der Waals surface area contributed by atoms with Crippen LogP contribution < -0.4 is 5.32 Å². The van der Waals surface area contributed by atoms with Crippen LogP contribution in [0.2, 0.25) is 0 Å². The van der Waals surface area contributed by atoms with Crippen LogP contribution in [0.5, 0.6) is 0 Å². The molecule has 2 rings (SSSR count). The molecule has 1 atom stereocenters. The van der Waals surface area contributed by atoms with E-state index in [9.17, 15) is 19.5 Å². The molecular weight excluding hydrogens is 284 g/mol. The number of amides is 1. The quantitative estimate of drug-likeness (QED) is 0.766. The summed E-state index contributed by atoms with van der Waals surface area (Å²) in [5.41, 5.74) is 0.664. The van der Waals surface area contributed by atoms with Crippen molar-refractivity contribution in [2.24, 2.45) is 0 Å². The van der Waals surface area contributed by atoms with Gasteiger partial charge >= 0.3 is 0 Å². The van der Waals surface area contributed by atoms with E-state index >= 15 is 0 Å². The molecule has 0 aromatic carbocycles. The highest BCUT2D eigenvalue weighted by molar-refractivity contribution is 6.25. The van der Waals surface area contributed by atoms with Crippen molar-refractivity contribution in [1.29, 1.82) is 0 Å². The average molecular weight is 306 g/mol. The van der Waals surface area contributed by atoms with Gasteiger partial charge in [0.15, 0.2) is 11.5 Å². The molecule has 2 N–H and O–H groups in total. The molecule has 22 heavy (non-hydrogen) atoms. The van der Waals surface area contributed by atoms with Crippen molar-refractivity contribution in [3.63, 3.8) is 0 Å². The maximum atomic E-state index is 12.9. The van der Waals surface area contributed by atoms with Crippen LogP contribution >= 0.6 is 0 Å². The minimum Gasteiger partial charge on any atom is -0.503 e. The standard InChI is InChI=1S/C16H22N2O4/c1-3-11-8-17-9-13(20)15(21)14(11)16(22)18-7-5-4-6-12(18)10(2)19/h9,12,17,20H,3-8H2,1-2H3. The number of aliphatic hydroxyl groups is 1. The van der Waals surface area contributed by atoms with Crippen molar-refractivity contribution < 1.29 is 19.5 Å². The van der Waals surface area contributed by atoms with Gasteiger partial charge in [-0.05, 0) is 38.2 Å². The van der Waals surface area contributed by atoms with Gasteiger partial charge in [-0.2, -0.15) is 0 Å². The van der Waals surface area contributed by atoms with E-state index in [4.69, 9.17) is 0 Å². The Morgan fingerprint density at radius 3 is 2.77 bits per heavy atom. The number of nitrogens with zero attached hydrogens (tertiary/aromatic N) is 1. The van der Waals surface area contributed by atoms with Gasteiger partial charge < -0.3 is 15.3 Å². The molecule has 0 aromatic rings. The summed E-state index contributed by atoms with van der Waals surface area (Å²) in [7, 11) is 0. The van der Waals surface area contributed by atoms with Crippen LogP contribution in [0.3, 0.4) is 0 Å². The van der Waals surface area contributed by atoms with E-state index in [-0.39, 0.29) is 11.4 Å². The number of Topliss-reactive ketones (excluding diaryl/α,β-unsaturated/α-hetero) is 2. The van der Waals surface area contributed by atoms with E-state index in [1.54, 1.807) is 0 Å². The molecule has 0 bridgehead atoms. The minimum atomic E-state index is -0.667. The molecule has 0 aliphatic carbocycles. The third-order valence-electron chi connectivity index (χ3n) is 4.24. The zero-order valence-electron chi connectivity index (χ0n) is 13.0. The van der Waals surface area contributed by atoms with Crippen LogP contribution in [0, 0.1) is 0 Å². The molecule has 2 aliphatic rings. The number of piperidine rings is 1. The van der Waals surface area contributed by atoms with Gasteiger partial charge in [-0.15, -0.1) is 0 Å². The SMILES string of the molecule is CCC1=C(C(=O)N2CCCCC2C(C)=O)C(=O)C(O)=CNC1.